The van der Waals surface area contributed by atoms with Gasteiger partial charge < -0.3 is 4.90 Å². The molecule has 1 aliphatic heterocycles. The summed E-state index contributed by atoms with van der Waals surface area (Å²) in [7, 11) is 0. The Hall–Kier alpha value is -1.82. The summed E-state index contributed by atoms with van der Waals surface area (Å²) in [6.45, 7) is 7.06. The van der Waals surface area contributed by atoms with Gasteiger partial charge in [0, 0.05) is 18.2 Å². The SMILES string of the molecule is CCC1CCCCN1C(=O)C(C)Sc1n[nH]c(-c2ccc(C)cc2)n1. The maximum absolute atomic E-state index is 12.8. The molecule has 0 spiro atoms. The monoisotopic (exact) mass is 358 g/mol. The quantitative estimate of drug-likeness (QED) is 0.819. The fraction of sp³-hybridized carbons (Fsp3) is 0.526. The molecule has 0 saturated carbocycles. The van der Waals surface area contributed by atoms with Crippen LogP contribution in [0.4, 0.5) is 0 Å². The van der Waals surface area contributed by atoms with Crippen LogP contribution in [-0.2, 0) is 4.79 Å². The lowest BCUT2D eigenvalue weighted by atomic mass is 10.00. The lowest BCUT2D eigenvalue weighted by Crippen LogP contribution is -2.46. The number of nitrogens with zero attached hydrogens (tertiary/aromatic N) is 3. The van der Waals surface area contributed by atoms with Gasteiger partial charge in [-0.3, -0.25) is 9.89 Å². The molecule has 0 aliphatic carbocycles. The van der Waals surface area contributed by atoms with Crippen molar-refractivity contribution < 1.29 is 4.79 Å². The predicted molar refractivity (Wildman–Crippen MR) is 102 cm³/mol. The van der Waals surface area contributed by atoms with Crippen molar-refractivity contribution in [1.29, 1.82) is 0 Å². The zero-order chi connectivity index (χ0) is 17.8. The van der Waals surface area contributed by atoms with Gasteiger partial charge in [-0.05, 0) is 39.5 Å². The van der Waals surface area contributed by atoms with Crippen LogP contribution in [0.2, 0.25) is 0 Å². The van der Waals surface area contributed by atoms with Crippen molar-refractivity contribution in [2.45, 2.75) is 62.9 Å². The van der Waals surface area contributed by atoms with Gasteiger partial charge in [0.2, 0.25) is 11.1 Å². The van der Waals surface area contributed by atoms with E-state index < -0.39 is 0 Å². The molecule has 1 aromatic carbocycles. The standard InChI is InChI=1S/C19H26N4OS/c1-4-16-7-5-6-12-23(16)18(24)14(3)25-19-20-17(21-22-19)15-10-8-13(2)9-11-15/h8-11,14,16H,4-7,12H2,1-3H3,(H,20,21,22). The number of benzene rings is 1. The molecule has 1 fully saturated rings. The third-order valence-corrected chi connectivity index (χ3v) is 5.75. The van der Waals surface area contributed by atoms with Crippen molar-refractivity contribution in [3.05, 3.63) is 29.8 Å². The minimum atomic E-state index is -0.172. The lowest BCUT2D eigenvalue weighted by molar-refractivity contribution is -0.134. The summed E-state index contributed by atoms with van der Waals surface area (Å²) < 4.78 is 0. The van der Waals surface area contributed by atoms with Crippen molar-refractivity contribution in [2.24, 2.45) is 0 Å². The molecule has 0 bridgehead atoms. The third-order valence-electron chi connectivity index (χ3n) is 4.80. The summed E-state index contributed by atoms with van der Waals surface area (Å²) in [5.74, 6) is 0.949. The Morgan fingerprint density at radius 2 is 2.12 bits per heavy atom. The number of amides is 1. The van der Waals surface area contributed by atoms with E-state index in [1.54, 1.807) is 0 Å². The van der Waals surface area contributed by atoms with Crippen molar-refractivity contribution in [2.75, 3.05) is 6.54 Å². The Morgan fingerprint density at radius 1 is 1.36 bits per heavy atom. The number of aromatic nitrogens is 3. The summed E-state index contributed by atoms with van der Waals surface area (Å²) in [6.07, 6.45) is 4.49. The number of rotatable bonds is 5. The zero-order valence-electron chi connectivity index (χ0n) is 15.2. The molecule has 5 nitrogen and oxygen atoms in total. The molecular weight excluding hydrogens is 332 g/mol. The first kappa shape index (κ1) is 18.0. The molecule has 2 aromatic rings. The number of carbonyl (C=O) groups is 1. The number of aromatic amines is 1. The molecule has 2 heterocycles. The topological polar surface area (TPSA) is 61.9 Å². The number of H-pyrrole nitrogens is 1. The summed E-state index contributed by atoms with van der Waals surface area (Å²) in [5, 5.41) is 7.71. The zero-order valence-corrected chi connectivity index (χ0v) is 16.0. The second-order valence-corrected chi connectivity index (χ2v) is 7.99. The van der Waals surface area contributed by atoms with Crippen molar-refractivity contribution in [3.63, 3.8) is 0 Å². The fourth-order valence-corrected chi connectivity index (χ4v) is 4.09. The van der Waals surface area contributed by atoms with E-state index in [9.17, 15) is 4.79 Å². The van der Waals surface area contributed by atoms with Crippen LogP contribution in [0.1, 0.15) is 45.1 Å². The number of likely N-dealkylation sites (tertiary alicyclic amines) is 1. The van der Waals surface area contributed by atoms with E-state index >= 15 is 0 Å². The van der Waals surface area contributed by atoms with E-state index in [-0.39, 0.29) is 11.2 Å². The number of thioether (sulfide) groups is 1. The summed E-state index contributed by atoms with van der Waals surface area (Å²) in [6, 6.07) is 8.55. The van der Waals surface area contributed by atoms with E-state index in [2.05, 4.69) is 46.1 Å². The Labute approximate surface area is 153 Å². The van der Waals surface area contributed by atoms with Gasteiger partial charge in [-0.1, -0.05) is 48.5 Å². The Kier molecular flexibility index (Phi) is 5.78. The number of hydrogen-bond acceptors (Lipinski definition) is 4. The molecule has 6 heteroatoms. The van der Waals surface area contributed by atoms with Gasteiger partial charge in [0.1, 0.15) is 0 Å². The molecule has 2 unspecified atom stereocenters. The summed E-state index contributed by atoms with van der Waals surface area (Å²) >= 11 is 1.43. The minimum Gasteiger partial charge on any atom is -0.339 e. The molecule has 25 heavy (non-hydrogen) atoms. The van der Waals surface area contributed by atoms with Crippen molar-refractivity contribution in [1.82, 2.24) is 20.1 Å². The van der Waals surface area contributed by atoms with Gasteiger partial charge in [-0.15, -0.1) is 5.10 Å². The Morgan fingerprint density at radius 3 is 2.84 bits per heavy atom. The highest BCUT2D eigenvalue weighted by molar-refractivity contribution is 8.00. The fourth-order valence-electron chi connectivity index (χ4n) is 3.30. The highest BCUT2D eigenvalue weighted by Gasteiger charge is 2.29. The molecule has 1 N–H and O–H groups in total. The molecule has 134 valence electrons. The summed E-state index contributed by atoms with van der Waals surface area (Å²) in [5.41, 5.74) is 2.22. The molecule has 3 rings (SSSR count). The van der Waals surface area contributed by atoms with Crippen LogP contribution in [0.3, 0.4) is 0 Å². The smallest absolute Gasteiger partial charge is 0.236 e. The van der Waals surface area contributed by atoms with Gasteiger partial charge in [0.15, 0.2) is 5.82 Å². The first-order valence-corrected chi connectivity index (χ1v) is 9.93. The highest BCUT2D eigenvalue weighted by atomic mass is 32.2. The van der Waals surface area contributed by atoms with E-state index in [0.29, 0.717) is 11.2 Å². The van der Waals surface area contributed by atoms with Crippen LogP contribution in [0.5, 0.6) is 0 Å². The number of carbonyl (C=O) groups excluding carboxylic acids is 1. The lowest BCUT2D eigenvalue weighted by Gasteiger charge is -2.36. The largest absolute Gasteiger partial charge is 0.339 e. The molecule has 1 aromatic heterocycles. The molecule has 1 amide bonds. The van der Waals surface area contributed by atoms with Gasteiger partial charge >= 0.3 is 0 Å². The van der Waals surface area contributed by atoms with Gasteiger partial charge in [0.25, 0.3) is 0 Å². The average molecular weight is 359 g/mol. The van der Waals surface area contributed by atoms with Crippen LogP contribution < -0.4 is 0 Å². The third kappa shape index (κ3) is 4.24. The van der Waals surface area contributed by atoms with Crippen LogP contribution in [-0.4, -0.2) is 43.8 Å². The number of nitrogens with one attached hydrogen (secondary N) is 1. The number of aryl methyl sites for hydroxylation is 1. The number of piperidine rings is 1. The van der Waals surface area contributed by atoms with Crippen LogP contribution in [0.15, 0.2) is 29.4 Å². The van der Waals surface area contributed by atoms with E-state index in [0.717, 1.165) is 37.2 Å². The van der Waals surface area contributed by atoms with Crippen molar-refractivity contribution in [3.8, 4) is 11.4 Å². The van der Waals surface area contributed by atoms with E-state index in [4.69, 9.17) is 0 Å². The number of hydrogen-bond donors (Lipinski definition) is 1. The highest BCUT2D eigenvalue weighted by Crippen LogP contribution is 2.27. The molecule has 2 atom stereocenters. The normalized spacial score (nSPS) is 19.0. The maximum Gasteiger partial charge on any atom is 0.236 e. The van der Waals surface area contributed by atoms with Gasteiger partial charge in [-0.2, -0.15) is 0 Å². The average Bonchev–Trinajstić information content (AvgIpc) is 3.10. The Balaban J connectivity index is 1.65. The molecule has 1 aliphatic rings. The van der Waals surface area contributed by atoms with Gasteiger partial charge in [0.05, 0.1) is 5.25 Å². The van der Waals surface area contributed by atoms with E-state index in [1.165, 1.54) is 23.7 Å². The van der Waals surface area contributed by atoms with Crippen LogP contribution in [0.25, 0.3) is 11.4 Å². The molecular formula is C19H26N4OS. The van der Waals surface area contributed by atoms with Gasteiger partial charge in [-0.25, -0.2) is 4.98 Å². The predicted octanol–water partition coefficient (Wildman–Crippen LogP) is 4.05. The Bertz CT molecular complexity index is 712. The van der Waals surface area contributed by atoms with Crippen LogP contribution >= 0.6 is 11.8 Å². The maximum atomic E-state index is 12.8. The molecule has 1 saturated heterocycles. The minimum absolute atomic E-state index is 0.172. The first-order valence-electron chi connectivity index (χ1n) is 9.05. The van der Waals surface area contributed by atoms with Crippen molar-refractivity contribution >= 4 is 17.7 Å². The summed E-state index contributed by atoms with van der Waals surface area (Å²) in [4.78, 5) is 19.4. The second kappa shape index (κ2) is 8.04. The van der Waals surface area contributed by atoms with Crippen LogP contribution in [0, 0.1) is 6.92 Å². The second-order valence-electron chi connectivity index (χ2n) is 6.68. The van der Waals surface area contributed by atoms with E-state index in [1.807, 2.05) is 19.1 Å². The molecule has 0 radical (unpaired) electrons. The first-order chi connectivity index (χ1) is 12.1.